The van der Waals surface area contributed by atoms with E-state index in [9.17, 15) is 9.90 Å². The Balaban J connectivity index is 4.85. The Labute approximate surface area is 106 Å². The van der Waals surface area contributed by atoms with Crippen molar-refractivity contribution in [3.8, 4) is 0 Å². The maximum absolute atomic E-state index is 12.1. The molecule has 1 N–H and O–H groups in total. The largest absolute Gasteiger partial charge is 0.512 e. The second kappa shape index (κ2) is 7.52. The van der Waals surface area contributed by atoms with Crippen LogP contribution in [0.4, 0.5) is 0 Å². The van der Waals surface area contributed by atoms with Crippen LogP contribution in [-0.2, 0) is 4.79 Å². The number of hydrogen-bond acceptors (Lipinski definition) is 2. The Morgan fingerprint density at radius 2 is 1.47 bits per heavy atom. The summed E-state index contributed by atoms with van der Waals surface area (Å²) in [4.78, 5) is 12.1. The van der Waals surface area contributed by atoms with Gasteiger partial charge in [-0.1, -0.05) is 41.5 Å². The van der Waals surface area contributed by atoms with E-state index < -0.39 is 0 Å². The van der Waals surface area contributed by atoms with E-state index in [-0.39, 0.29) is 23.4 Å². The maximum atomic E-state index is 12.1. The van der Waals surface area contributed by atoms with Crippen LogP contribution in [0.15, 0.2) is 11.8 Å². The van der Waals surface area contributed by atoms with Gasteiger partial charge >= 0.3 is 0 Å². The van der Waals surface area contributed by atoms with E-state index >= 15 is 0 Å². The van der Waals surface area contributed by atoms with E-state index in [1.54, 1.807) is 0 Å². The number of aliphatic hydroxyl groups is 1. The molecule has 0 atom stereocenters. The molecule has 0 radical (unpaired) electrons. The summed E-state index contributed by atoms with van der Waals surface area (Å²) in [5.41, 5.74) is 0. The molecule has 0 aromatic heterocycles. The van der Waals surface area contributed by atoms with E-state index in [0.717, 1.165) is 12.8 Å². The molecule has 0 bridgehead atoms. The molecule has 0 heterocycles. The first kappa shape index (κ1) is 16.2. The highest BCUT2D eigenvalue weighted by Crippen LogP contribution is 2.24. The molecule has 0 fully saturated rings. The first-order valence-corrected chi connectivity index (χ1v) is 6.79. The van der Waals surface area contributed by atoms with Crippen molar-refractivity contribution in [2.24, 2.45) is 23.7 Å². The second-order valence-corrected chi connectivity index (χ2v) is 5.50. The normalized spacial score (nSPS) is 13.2. The summed E-state index contributed by atoms with van der Waals surface area (Å²) in [5, 5.41) is 9.93. The quantitative estimate of drug-likeness (QED) is 0.530. The summed E-state index contributed by atoms with van der Waals surface area (Å²) in [5.74, 6) is 1.08. The smallest absolute Gasteiger partial charge is 0.162 e. The number of hydrogen-bond donors (Lipinski definition) is 1. The van der Waals surface area contributed by atoms with Gasteiger partial charge in [0.25, 0.3) is 0 Å². The van der Waals surface area contributed by atoms with Crippen LogP contribution in [-0.4, -0.2) is 10.9 Å². The predicted molar refractivity (Wildman–Crippen MR) is 73.0 cm³/mol. The van der Waals surface area contributed by atoms with Crippen molar-refractivity contribution in [2.45, 2.75) is 54.4 Å². The van der Waals surface area contributed by atoms with Gasteiger partial charge in [-0.2, -0.15) is 0 Å². The number of allylic oxidation sites excluding steroid dienone is 2. The monoisotopic (exact) mass is 240 g/mol. The van der Waals surface area contributed by atoms with Crippen LogP contribution in [0.25, 0.3) is 0 Å². The highest BCUT2D eigenvalue weighted by Gasteiger charge is 2.25. The molecule has 0 aliphatic rings. The molecular weight excluding hydrogens is 212 g/mol. The van der Waals surface area contributed by atoms with Crippen LogP contribution in [0.1, 0.15) is 54.4 Å². The van der Waals surface area contributed by atoms with E-state index in [4.69, 9.17) is 0 Å². The van der Waals surface area contributed by atoms with Gasteiger partial charge in [0, 0.05) is 17.9 Å². The number of rotatable bonds is 7. The van der Waals surface area contributed by atoms with Crippen LogP contribution >= 0.6 is 0 Å². The van der Waals surface area contributed by atoms with Crippen molar-refractivity contribution >= 4 is 5.78 Å². The molecule has 17 heavy (non-hydrogen) atoms. The zero-order chi connectivity index (χ0) is 13.6. The summed E-state index contributed by atoms with van der Waals surface area (Å²) in [7, 11) is 0. The van der Waals surface area contributed by atoms with Gasteiger partial charge in [0.2, 0.25) is 0 Å². The van der Waals surface area contributed by atoms with E-state index in [1.165, 1.54) is 6.08 Å². The molecule has 0 rings (SSSR count). The van der Waals surface area contributed by atoms with E-state index in [2.05, 4.69) is 27.7 Å². The Morgan fingerprint density at radius 3 is 1.76 bits per heavy atom. The zero-order valence-corrected chi connectivity index (χ0v) is 12.2. The fraction of sp³-hybridized carbons (Fsp3) is 0.800. The minimum atomic E-state index is 0.00603. The third kappa shape index (κ3) is 4.93. The lowest BCUT2D eigenvalue weighted by Crippen LogP contribution is -2.24. The molecule has 0 aromatic carbocycles. The third-order valence-electron chi connectivity index (χ3n) is 3.46. The number of carbonyl (C=O) groups excluding carboxylic acids is 1. The Kier molecular flexibility index (Phi) is 7.17. The second-order valence-electron chi connectivity index (χ2n) is 5.50. The van der Waals surface area contributed by atoms with E-state index in [0.29, 0.717) is 11.8 Å². The van der Waals surface area contributed by atoms with Crippen LogP contribution in [0, 0.1) is 23.7 Å². The van der Waals surface area contributed by atoms with Gasteiger partial charge in [-0.3, -0.25) is 4.79 Å². The van der Waals surface area contributed by atoms with Crippen molar-refractivity contribution in [1.82, 2.24) is 0 Å². The molecule has 0 amide bonds. The van der Waals surface area contributed by atoms with Gasteiger partial charge in [-0.15, -0.1) is 0 Å². The summed E-state index contributed by atoms with van der Waals surface area (Å²) in [6.45, 7) is 12.3. The number of carbonyl (C=O) groups is 1. The van der Waals surface area contributed by atoms with Crippen molar-refractivity contribution < 1.29 is 9.90 Å². The van der Waals surface area contributed by atoms with Crippen LogP contribution in [0.2, 0.25) is 0 Å². The fourth-order valence-electron chi connectivity index (χ4n) is 2.49. The molecule has 2 nitrogen and oxygen atoms in total. The minimum Gasteiger partial charge on any atom is -0.512 e. The molecule has 0 saturated carbocycles. The summed E-state index contributed by atoms with van der Waals surface area (Å²) < 4.78 is 0. The molecule has 0 spiro atoms. The first-order valence-electron chi connectivity index (χ1n) is 6.79. The molecule has 100 valence electrons. The highest BCUT2D eigenvalue weighted by atomic mass is 16.3. The summed E-state index contributed by atoms with van der Waals surface area (Å²) in [6.07, 6.45) is 3.21. The molecule has 2 heteroatoms. The average Bonchev–Trinajstić information content (AvgIpc) is 2.17. The highest BCUT2D eigenvalue weighted by molar-refractivity contribution is 5.92. The van der Waals surface area contributed by atoms with Crippen molar-refractivity contribution in [3.05, 3.63) is 11.8 Å². The lowest BCUT2D eigenvalue weighted by Gasteiger charge is -2.22. The summed E-state index contributed by atoms with van der Waals surface area (Å²) in [6, 6.07) is 0. The molecule has 0 aliphatic heterocycles. The first-order chi connectivity index (χ1) is 7.84. The SMILES string of the molecule is CCC(CC)/C(O)=C/C(=O)C(C(C)C)C(C)C. The Bertz CT molecular complexity index is 252. The lowest BCUT2D eigenvalue weighted by molar-refractivity contribution is -0.121. The van der Waals surface area contributed by atoms with Crippen molar-refractivity contribution in [1.29, 1.82) is 0 Å². The third-order valence-corrected chi connectivity index (χ3v) is 3.46. The van der Waals surface area contributed by atoms with Gasteiger partial charge in [0.1, 0.15) is 0 Å². The molecule has 0 aliphatic carbocycles. The van der Waals surface area contributed by atoms with Gasteiger partial charge < -0.3 is 5.11 Å². The molecule has 0 saturated heterocycles. The molecule has 0 aromatic rings. The zero-order valence-electron chi connectivity index (χ0n) is 12.2. The average molecular weight is 240 g/mol. The van der Waals surface area contributed by atoms with Gasteiger partial charge in [0.05, 0.1) is 5.76 Å². The molecular formula is C15H28O2. The summed E-state index contributed by atoms with van der Waals surface area (Å²) >= 11 is 0. The number of ketones is 1. The van der Waals surface area contributed by atoms with Gasteiger partial charge in [-0.05, 0) is 24.7 Å². The Hall–Kier alpha value is -0.790. The maximum Gasteiger partial charge on any atom is 0.162 e. The lowest BCUT2D eigenvalue weighted by atomic mass is 9.81. The van der Waals surface area contributed by atoms with Gasteiger partial charge in [-0.25, -0.2) is 0 Å². The number of aliphatic hydroxyl groups excluding tert-OH is 1. The minimum absolute atomic E-state index is 0.00603. The Morgan fingerprint density at radius 1 is 1.06 bits per heavy atom. The van der Waals surface area contributed by atoms with Gasteiger partial charge in [0.15, 0.2) is 5.78 Å². The standard InChI is InChI=1S/C15H28O2/c1-7-12(8-2)13(16)9-14(17)15(10(3)4)11(5)6/h9-12,15-16H,7-8H2,1-6H3/b13-9-. The topological polar surface area (TPSA) is 37.3 Å². The van der Waals surface area contributed by atoms with E-state index in [1.807, 2.05) is 13.8 Å². The van der Waals surface area contributed by atoms with Crippen LogP contribution in [0.5, 0.6) is 0 Å². The van der Waals surface area contributed by atoms with Crippen LogP contribution < -0.4 is 0 Å². The van der Waals surface area contributed by atoms with Crippen LogP contribution in [0.3, 0.4) is 0 Å². The predicted octanol–water partition coefficient (Wildman–Crippen LogP) is 4.36. The fourth-order valence-corrected chi connectivity index (χ4v) is 2.49. The van der Waals surface area contributed by atoms with Crippen molar-refractivity contribution in [3.63, 3.8) is 0 Å². The molecule has 0 unspecified atom stereocenters. The van der Waals surface area contributed by atoms with Crippen molar-refractivity contribution in [2.75, 3.05) is 0 Å².